The molecule has 1 heterocycles. The van der Waals surface area contributed by atoms with Crippen LogP contribution in [0.5, 0.6) is 5.75 Å². The Morgan fingerprint density at radius 2 is 2.08 bits per heavy atom. The Hall–Kier alpha value is -1.84. The van der Waals surface area contributed by atoms with E-state index in [1.807, 2.05) is 0 Å². The Morgan fingerprint density at radius 1 is 1.36 bits per heavy atom. The molecule has 1 aromatic carbocycles. The zero-order valence-electron chi connectivity index (χ0n) is 14.0. The largest absolute Gasteiger partial charge is 0.434 e. The van der Waals surface area contributed by atoms with Gasteiger partial charge in [-0.25, -0.2) is 0 Å². The molecule has 9 heteroatoms. The summed E-state index contributed by atoms with van der Waals surface area (Å²) < 4.78 is 34.7. The van der Waals surface area contributed by atoms with Crippen molar-refractivity contribution in [2.75, 3.05) is 39.4 Å². The van der Waals surface area contributed by atoms with Crippen LogP contribution >= 0.6 is 12.2 Å². The van der Waals surface area contributed by atoms with Gasteiger partial charge in [-0.15, -0.1) is 0 Å². The lowest BCUT2D eigenvalue weighted by Gasteiger charge is -2.26. The minimum absolute atomic E-state index is 0.0757. The Kier molecular flexibility index (Phi) is 7.96. The molecular formula is C16H22F2N4O2S. The fourth-order valence-corrected chi connectivity index (χ4v) is 2.50. The van der Waals surface area contributed by atoms with E-state index in [4.69, 9.17) is 17.0 Å². The average Bonchev–Trinajstić information content (AvgIpc) is 2.60. The lowest BCUT2D eigenvalue weighted by atomic mass is 10.1. The van der Waals surface area contributed by atoms with Gasteiger partial charge in [0, 0.05) is 31.7 Å². The third kappa shape index (κ3) is 6.89. The second-order valence-corrected chi connectivity index (χ2v) is 5.80. The smallest absolute Gasteiger partial charge is 0.387 e. The first-order chi connectivity index (χ1) is 12.1. The number of alkyl halides is 2. The Balaban J connectivity index is 1.80. The van der Waals surface area contributed by atoms with Crippen molar-refractivity contribution < 1.29 is 18.3 Å². The fourth-order valence-electron chi connectivity index (χ4n) is 2.35. The lowest BCUT2D eigenvalue weighted by molar-refractivity contribution is -0.0499. The first-order valence-electron chi connectivity index (χ1n) is 7.98. The number of thiocarbonyl (C=S) groups is 1. The number of hydrogen-bond acceptors (Lipinski definition) is 5. The number of nitrogens with one attached hydrogen (secondary N) is 2. The van der Waals surface area contributed by atoms with Crippen LogP contribution < -0.4 is 15.5 Å². The molecule has 0 aromatic heterocycles. The maximum atomic E-state index is 12.5. The molecule has 0 spiro atoms. The van der Waals surface area contributed by atoms with E-state index in [1.54, 1.807) is 25.1 Å². The molecule has 1 aliphatic heterocycles. The van der Waals surface area contributed by atoms with E-state index < -0.39 is 6.61 Å². The molecule has 1 aromatic rings. The summed E-state index contributed by atoms with van der Waals surface area (Å²) in [6, 6.07) is 6.48. The van der Waals surface area contributed by atoms with Crippen molar-refractivity contribution in [1.29, 1.82) is 0 Å². The molecule has 0 atom stereocenters. The molecule has 0 bridgehead atoms. The molecule has 1 aliphatic rings. The second kappa shape index (κ2) is 10.2. The zero-order chi connectivity index (χ0) is 18.1. The maximum absolute atomic E-state index is 12.5. The molecular weight excluding hydrogens is 350 g/mol. The number of rotatable bonds is 7. The zero-order valence-corrected chi connectivity index (χ0v) is 14.8. The molecule has 1 saturated heterocycles. The van der Waals surface area contributed by atoms with Crippen molar-refractivity contribution in [2.24, 2.45) is 5.10 Å². The van der Waals surface area contributed by atoms with E-state index >= 15 is 0 Å². The van der Waals surface area contributed by atoms with Gasteiger partial charge in [0.25, 0.3) is 0 Å². The molecule has 2 rings (SSSR count). The summed E-state index contributed by atoms with van der Waals surface area (Å²) >= 11 is 5.17. The highest BCUT2D eigenvalue weighted by Gasteiger charge is 2.12. The van der Waals surface area contributed by atoms with Crippen LogP contribution in [-0.2, 0) is 4.74 Å². The number of hydrogen-bond donors (Lipinski definition) is 2. The molecule has 0 saturated carbocycles. The van der Waals surface area contributed by atoms with Gasteiger partial charge in [0.05, 0.1) is 18.9 Å². The van der Waals surface area contributed by atoms with E-state index in [0.29, 0.717) is 22.9 Å². The van der Waals surface area contributed by atoms with Crippen molar-refractivity contribution in [3.05, 3.63) is 29.8 Å². The van der Waals surface area contributed by atoms with Crippen molar-refractivity contribution in [3.63, 3.8) is 0 Å². The molecule has 0 aliphatic carbocycles. The highest BCUT2D eigenvalue weighted by atomic mass is 32.1. The van der Waals surface area contributed by atoms with Gasteiger partial charge in [-0.2, -0.15) is 13.9 Å². The van der Waals surface area contributed by atoms with E-state index in [2.05, 4.69) is 25.5 Å². The van der Waals surface area contributed by atoms with Crippen LogP contribution in [0.4, 0.5) is 8.78 Å². The predicted molar refractivity (Wildman–Crippen MR) is 96.3 cm³/mol. The minimum atomic E-state index is -2.88. The van der Waals surface area contributed by atoms with E-state index in [-0.39, 0.29) is 5.75 Å². The summed E-state index contributed by atoms with van der Waals surface area (Å²) in [4.78, 5) is 2.28. The van der Waals surface area contributed by atoms with Crippen molar-refractivity contribution >= 4 is 23.0 Å². The average molecular weight is 372 g/mol. The van der Waals surface area contributed by atoms with Crippen LogP contribution in [0.3, 0.4) is 0 Å². The number of para-hydroxylation sites is 1. The summed E-state index contributed by atoms with van der Waals surface area (Å²) in [5.41, 5.74) is 3.69. The molecule has 6 nitrogen and oxygen atoms in total. The van der Waals surface area contributed by atoms with Gasteiger partial charge < -0.3 is 14.8 Å². The van der Waals surface area contributed by atoms with Gasteiger partial charge in [0.15, 0.2) is 5.11 Å². The van der Waals surface area contributed by atoms with Gasteiger partial charge in [-0.05, 0) is 31.3 Å². The highest BCUT2D eigenvalue weighted by Crippen LogP contribution is 2.20. The minimum Gasteiger partial charge on any atom is -0.434 e. The van der Waals surface area contributed by atoms with Gasteiger partial charge in [-0.3, -0.25) is 10.3 Å². The standard InChI is InChI=1S/C16H22F2N4O2S/c1-12(13-4-2-3-5-14(13)24-15(17)18)20-21-16(25)19-6-7-22-8-10-23-11-9-22/h2-5,15H,6-11H2,1H3,(H2,19,21,25)/b20-12+. The van der Waals surface area contributed by atoms with Gasteiger partial charge in [0.1, 0.15) is 5.75 Å². The lowest BCUT2D eigenvalue weighted by Crippen LogP contribution is -2.42. The van der Waals surface area contributed by atoms with Crippen LogP contribution in [0.2, 0.25) is 0 Å². The first kappa shape index (κ1) is 19.5. The SMILES string of the molecule is C/C(=N\NC(=S)NCCN1CCOCC1)c1ccccc1OC(F)F. The summed E-state index contributed by atoms with van der Waals surface area (Å²) in [7, 11) is 0. The van der Waals surface area contributed by atoms with Crippen LogP contribution in [0.1, 0.15) is 12.5 Å². The summed E-state index contributed by atoms with van der Waals surface area (Å²) in [5, 5.41) is 7.57. The predicted octanol–water partition coefficient (Wildman–Crippen LogP) is 1.81. The fraction of sp³-hybridized carbons (Fsp3) is 0.500. The molecule has 0 unspecified atom stereocenters. The highest BCUT2D eigenvalue weighted by molar-refractivity contribution is 7.80. The molecule has 0 amide bonds. The van der Waals surface area contributed by atoms with Gasteiger partial charge >= 0.3 is 6.61 Å². The second-order valence-electron chi connectivity index (χ2n) is 5.39. The van der Waals surface area contributed by atoms with Crippen LogP contribution in [-0.4, -0.2) is 61.7 Å². The van der Waals surface area contributed by atoms with Crippen LogP contribution in [0.25, 0.3) is 0 Å². The number of benzene rings is 1. The summed E-state index contributed by atoms with van der Waals surface area (Å²) in [5.74, 6) is 0.0757. The number of ether oxygens (including phenoxy) is 2. The molecule has 25 heavy (non-hydrogen) atoms. The number of nitrogens with zero attached hydrogens (tertiary/aromatic N) is 2. The number of hydrazone groups is 1. The van der Waals surface area contributed by atoms with Crippen molar-refractivity contribution in [2.45, 2.75) is 13.5 Å². The number of morpholine rings is 1. The Bertz CT molecular complexity index is 595. The quantitative estimate of drug-likeness (QED) is 0.433. The maximum Gasteiger partial charge on any atom is 0.387 e. The normalized spacial score (nSPS) is 15.9. The van der Waals surface area contributed by atoms with E-state index in [0.717, 1.165) is 32.8 Å². The van der Waals surface area contributed by atoms with Crippen molar-refractivity contribution in [1.82, 2.24) is 15.6 Å². The van der Waals surface area contributed by atoms with Crippen LogP contribution in [0.15, 0.2) is 29.4 Å². The first-order valence-corrected chi connectivity index (χ1v) is 8.39. The molecule has 138 valence electrons. The van der Waals surface area contributed by atoms with E-state index in [9.17, 15) is 8.78 Å². The third-order valence-corrected chi connectivity index (χ3v) is 3.87. The molecule has 0 radical (unpaired) electrons. The summed E-state index contributed by atoms with van der Waals surface area (Å²) in [6.45, 7) is 3.70. The van der Waals surface area contributed by atoms with Gasteiger partial charge in [-0.1, -0.05) is 12.1 Å². The molecule has 2 N–H and O–H groups in total. The summed E-state index contributed by atoms with van der Waals surface area (Å²) in [6.07, 6.45) is 0. The number of halogens is 2. The van der Waals surface area contributed by atoms with Crippen molar-refractivity contribution in [3.8, 4) is 5.75 Å². The Morgan fingerprint density at radius 3 is 2.80 bits per heavy atom. The topological polar surface area (TPSA) is 58.1 Å². The van der Waals surface area contributed by atoms with Crippen LogP contribution in [0, 0.1) is 0 Å². The Labute approximate surface area is 151 Å². The molecule has 1 fully saturated rings. The van der Waals surface area contributed by atoms with Gasteiger partial charge in [0.2, 0.25) is 0 Å². The van der Waals surface area contributed by atoms with E-state index in [1.165, 1.54) is 6.07 Å². The third-order valence-electron chi connectivity index (χ3n) is 3.64. The monoisotopic (exact) mass is 372 g/mol.